The summed E-state index contributed by atoms with van der Waals surface area (Å²) in [6, 6.07) is 5.41. The van der Waals surface area contributed by atoms with Crippen LogP contribution in [0.15, 0.2) is 29.4 Å². The van der Waals surface area contributed by atoms with E-state index < -0.39 is 0 Å². The minimum absolute atomic E-state index is 0.511. The zero-order valence-electron chi connectivity index (χ0n) is 9.95. The topological polar surface area (TPSA) is 38.4 Å². The molecule has 0 bridgehead atoms. The molecule has 0 aliphatic carbocycles. The molecule has 4 heteroatoms. The van der Waals surface area contributed by atoms with Crippen molar-refractivity contribution in [1.29, 1.82) is 0 Å². The van der Waals surface area contributed by atoms with Crippen LogP contribution in [0.4, 0.5) is 0 Å². The molecular weight excluding hydrogens is 255 g/mol. The van der Waals surface area contributed by atoms with Gasteiger partial charge in [0.1, 0.15) is 0 Å². The molecule has 0 saturated heterocycles. The fourth-order valence-corrected chi connectivity index (χ4v) is 1.61. The van der Waals surface area contributed by atoms with Gasteiger partial charge in [-0.25, -0.2) is 4.99 Å². The molecule has 0 radical (unpaired) electrons. The Bertz CT molecular complexity index is 437. The van der Waals surface area contributed by atoms with Gasteiger partial charge < -0.3 is 5.73 Å². The summed E-state index contributed by atoms with van der Waals surface area (Å²) in [6.45, 7) is 4.20. The van der Waals surface area contributed by atoms with E-state index in [0.29, 0.717) is 21.8 Å². The van der Waals surface area contributed by atoms with Crippen LogP contribution in [0.25, 0.3) is 6.08 Å². The van der Waals surface area contributed by atoms with Crippen molar-refractivity contribution in [2.75, 3.05) is 0 Å². The molecule has 92 valence electrons. The highest BCUT2D eigenvalue weighted by Gasteiger charge is 1.97. The average Bonchev–Trinajstić information content (AvgIpc) is 2.22. The van der Waals surface area contributed by atoms with Crippen LogP contribution < -0.4 is 5.73 Å². The lowest BCUT2D eigenvalue weighted by Crippen LogP contribution is -2.13. The Morgan fingerprint density at radius 2 is 2.06 bits per heavy atom. The van der Waals surface area contributed by atoms with Crippen molar-refractivity contribution < 1.29 is 0 Å². The Hall–Kier alpha value is -0.990. The molecule has 0 spiro atoms. The molecule has 1 rings (SSSR count). The maximum atomic E-state index is 5.90. The standard InChI is InChI=1S/C13H16Cl2N2/c1-9(2)7-13(16)17-6-5-10-3-4-11(14)12(15)8-10/h3-6,8-9H,7H2,1-2H3,(H2,16,17)/b6-5+. The quantitative estimate of drug-likeness (QED) is 0.641. The number of hydrogen-bond donors (Lipinski definition) is 1. The van der Waals surface area contributed by atoms with Crippen LogP contribution in [-0.4, -0.2) is 5.84 Å². The van der Waals surface area contributed by atoms with Crippen molar-refractivity contribution >= 4 is 35.1 Å². The lowest BCUT2D eigenvalue weighted by Gasteiger charge is -2.01. The molecule has 0 saturated carbocycles. The van der Waals surface area contributed by atoms with Crippen LogP contribution in [-0.2, 0) is 0 Å². The van der Waals surface area contributed by atoms with Gasteiger partial charge in [-0.05, 0) is 29.7 Å². The molecule has 0 amide bonds. The molecule has 0 aromatic heterocycles. The first-order valence-corrected chi connectivity index (χ1v) is 6.18. The molecule has 1 aromatic carbocycles. The summed E-state index contributed by atoms with van der Waals surface area (Å²) in [6.07, 6.45) is 4.32. The molecule has 2 nitrogen and oxygen atoms in total. The van der Waals surface area contributed by atoms with Gasteiger partial charge in [0.25, 0.3) is 0 Å². The summed E-state index contributed by atoms with van der Waals surface area (Å²) in [5.41, 5.74) is 6.69. The zero-order chi connectivity index (χ0) is 12.8. The monoisotopic (exact) mass is 270 g/mol. The number of benzene rings is 1. The number of nitrogens with two attached hydrogens (primary N) is 1. The molecule has 2 N–H and O–H groups in total. The average molecular weight is 271 g/mol. The normalized spacial score (nSPS) is 12.6. The van der Waals surface area contributed by atoms with Crippen molar-refractivity contribution in [3.8, 4) is 0 Å². The molecule has 0 aliphatic rings. The van der Waals surface area contributed by atoms with Gasteiger partial charge in [0.05, 0.1) is 15.9 Å². The third kappa shape index (κ3) is 5.24. The van der Waals surface area contributed by atoms with Gasteiger partial charge in [-0.1, -0.05) is 43.1 Å². The molecule has 1 aromatic rings. The number of aliphatic imine (C=N–C) groups is 1. The fourth-order valence-electron chi connectivity index (χ4n) is 1.31. The lowest BCUT2D eigenvalue weighted by atomic mass is 10.1. The van der Waals surface area contributed by atoms with Gasteiger partial charge in [-0.3, -0.25) is 0 Å². The van der Waals surface area contributed by atoms with Gasteiger partial charge in [0.2, 0.25) is 0 Å². The van der Waals surface area contributed by atoms with Gasteiger partial charge in [-0.15, -0.1) is 0 Å². The van der Waals surface area contributed by atoms with Gasteiger partial charge >= 0.3 is 0 Å². The lowest BCUT2D eigenvalue weighted by molar-refractivity contribution is 0.681. The second kappa shape index (κ2) is 6.67. The first kappa shape index (κ1) is 14.1. The Morgan fingerprint density at radius 1 is 1.35 bits per heavy atom. The van der Waals surface area contributed by atoms with E-state index in [1.165, 1.54) is 0 Å². The highest BCUT2D eigenvalue weighted by molar-refractivity contribution is 6.42. The Labute approximate surface area is 112 Å². The van der Waals surface area contributed by atoms with Gasteiger partial charge in [0, 0.05) is 12.6 Å². The smallest absolute Gasteiger partial charge is 0.0991 e. The Balaban J connectivity index is 2.67. The minimum Gasteiger partial charge on any atom is -0.387 e. The molecule has 0 heterocycles. The van der Waals surface area contributed by atoms with E-state index in [9.17, 15) is 0 Å². The van der Waals surface area contributed by atoms with E-state index in [0.717, 1.165) is 12.0 Å². The predicted molar refractivity (Wildman–Crippen MR) is 76.6 cm³/mol. The minimum atomic E-state index is 0.511. The summed E-state index contributed by atoms with van der Waals surface area (Å²) < 4.78 is 0. The summed E-state index contributed by atoms with van der Waals surface area (Å²) in [5.74, 6) is 1.15. The first-order valence-electron chi connectivity index (χ1n) is 5.42. The van der Waals surface area contributed by atoms with Crippen LogP contribution in [0.2, 0.25) is 10.0 Å². The summed E-state index contributed by atoms with van der Waals surface area (Å²) >= 11 is 11.7. The molecule has 17 heavy (non-hydrogen) atoms. The van der Waals surface area contributed by atoms with E-state index in [1.54, 1.807) is 18.3 Å². The van der Waals surface area contributed by atoms with Crippen molar-refractivity contribution in [2.45, 2.75) is 20.3 Å². The van der Waals surface area contributed by atoms with E-state index in [2.05, 4.69) is 18.8 Å². The molecular formula is C13H16Cl2N2. The van der Waals surface area contributed by atoms with Crippen LogP contribution in [0.3, 0.4) is 0 Å². The first-order chi connectivity index (χ1) is 7.99. The summed E-state index contributed by atoms with van der Waals surface area (Å²) in [5, 5.41) is 1.08. The third-order valence-electron chi connectivity index (χ3n) is 2.07. The highest BCUT2D eigenvalue weighted by Crippen LogP contribution is 2.23. The number of rotatable bonds is 4. The summed E-state index contributed by atoms with van der Waals surface area (Å²) in [4.78, 5) is 4.15. The Kier molecular flexibility index (Phi) is 5.52. The van der Waals surface area contributed by atoms with Crippen LogP contribution in [0, 0.1) is 5.92 Å². The third-order valence-corrected chi connectivity index (χ3v) is 2.81. The van der Waals surface area contributed by atoms with Crippen LogP contribution in [0.5, 0.6) is 0 Å². The Morgan fingerprint density at radius 3 is 2.65 bits per heavy atom. The van der Waals surface area contributed by atoms with E-state index in [1.807, 2.05) is 12.1 Å². The van der Waals surface area contributed by atoms with Crippen LogP contribution in [0.1, 0.15) is 25.8 Å². The largest absolute Gasteiger partial charge is 0.387 e. The number of halogens is 2. The van der Waals surface area contributed by atoms with E-state index >= 15 is 0 Å². The summed E-state index contributed by atoms with van der Waals surface area (Å²) in [7, 11) is 0. The number of amidine groups is 1. The maximum absolute atomic E-state index is 5.90. The maximum Gasteiger partial charge on any atom is 0.0991 e. The second-order valence-corrected chi connectivity index (χ2v) is 5.02. The van der Waals surface area contributed by atoms with Crippen molar-refractivity contribution in [2.24, 2.45) is 16.6 Å². The van der Waals surface area contributed by atoms with Gasteiger partial charge in [0.15, 0.2) is 0 Å². The zero-order valence-corrected chi connectivity index (χ0v) is 11.5. The van der Waals surface area contributed by atoms with Crippen molar-refractivity contribution in [3.63, 3.8) is 0 Å². The number of hydrogen-bond acceptors (Lipinski definition) is 1. The fraction of sp³-hybridized carbons (Fsp3) is 0.308. The van der Waals surface area contributed by atoms with Crippen molar-refractivity contribution in [1.82, 2.24) is 0 Å². The van der Waals surface area contributed by atoms with E-state index in [-0.39, 0.29) is 0 Å². The molecule has 0 aliphatic heterocycles. The van der Waals surface area contributed by atoms with E-state index in [4.69, 9.17) is 28.9 Å². The second-order valence-electron chi connectivity index (χ2n) is 4.21. The highest BCUT2D eigenvalue weighted by atomic mass is 35.5. The van der Waals surface area contributed by atoms with Gasteiger partial charge in [-0.2, -0.15) is 0 Å². The van der Waals surface area contributed by atoms with Crippen molar-refractivity contribution in [3.05, 3.63) is 40.0 Å². The molecule has 0 unspecified atom stereocenters. The predicted octanol–water partition coefficient (Wildman–Crippen LogP) is 4.37. The molecule has 0 fully saturated rings. The SMILES string of the molecule is CC(C)CC(N)=N/C=C/c1ccc(Cl)c(Cl)c1. The van der Waals surface area contributed by atoms with Crippen LogP contribution >= 0.6 is 23.2 Å². The molecule has 0 atom stereocenters. The number of nitrogens with zero attached hydrogens (tertiary/aromatic N) is 1.